The van der Waals surface area contributed by atoms with Crippen LogP contribution in [0.25, 0.3) is 0 Å². The third kappa shape index (κ3) is 1.91. The molecule has 0 aromatic rings. The molecule has 66 valence electrons. The fraction of sp³-hybridized carbons (Fsp3) is 1.00. The van der Waals surface area contributed by atoms with Crippen LogP contribution in [-0.2, 0) is 0 Å². The minimum absolute atomic E-state index is 0.0741. The van der Waals surface area contributed by atoms with Crippen molar-refractivity contribution in [2.45, 2.75) is 38.4 Å². The van der Waals surface area contributed by atoms with Crippen LogP contribution in [0.2, 0.25) is 0 Å². The molecule has 1 fully saturated rings. The first-order valence-electron chi connectivity index (χ1n) is 4.22. The molecule has 0 spiro atoms. The molecular weight excluding hydrogens is 143 g/mol. The summed E-state index contributed by atoms with van der Waals surface area (Å²) in [4.78, 5) is 2.14. The van der Waals surface area contributed by atoms with Gasteiger partial charge >= 0.3 is 0 Å². The molecule has 3 heteroatoms. The lowest BCUT2D eigenvalue weighted by Gasteiger charge is -2.25. The van der Waals surface area contributed by atoms with E-state index in [9.17, 15) is 4.39 Å². The van der Waals surface area contributed by atoms with E-state index < -0.39 is 0 Å². The molecule has 0 aliphatic carbocycles. The molecule has 0 radical (unpaired) electrons. The fourth-order valence-corrected chi connectivity index (χ4v) is 1.76. The summed E-state index contributed by atoms with van der Waals surface area (Å²) in [6.07, 6.45) is 0.814. The van der Waals surface area contributed by atoms with Gasteiger partial charge in [-0.2, -0.15) is 0 Å². The molecule has 0 aromatic carbocycles. The largest absolute Gasteiger partial charge is 0.326 e. The Morgan fingerprint density at radius 1 is 1.64 bits per heavy atom. The molecule has 2 N–H and O–H groups in total. The van der Waals surface area contributed by atoms with Crippen molar-refractivity contribution in [1.82, 2.24) is 4.90 Å². The second-order valence-electron chi connectivity index (χ2n) is 3.59. The van der Waals surface area contributed by atoms with Crippen molar-refractivity contribution in [3.05, 3.63) is 0 Å². The van der Waals surface area contributed by atoms with Gasteiger partial charge in [0.25, 0.3) is 0 Å². The summed E-state index contributed by atoms with van der Waals surface area (Å²) in [6, 6.07) is 0.674. The van der Waals surface area contributed by atoms with Gasteiger partial charge in [0.2, 0.25) is 0 Å². The normalized spacial score (nSPS) is 33.5. The molecule has 1 saturated heterocycles. The van der Waals surface area contributed by atoms with E-state index in [0.29, 0.717) is 6.04 Å². The Morgan fingerprint density at radius 3 is 2.64 bits per heavy atom. The minimum atomic E-state index is -0.258. The van der Waals surface area contributed by atoms with Gasteiger partial charge in [0.1, 0.15) is 6.67 Å². The van der Waals surface area contributed by atoms with E-state index in [1.807, 2.05) is 0 Å². The van der Waals surface area contributed by atoms with Crippen molar-refractivity contribution < 1.29 is 4.39 Å². The summed E-state index contributed by atoms with van der Waals surface area (Å²) >= 11 is 0. The lowest BCUT2D eigenvalue weighted by Crippen LogP contribution is -2.37. The maximum absolute atomic E-state index is 12.4. The first-order chi connectivity index (χ1) is 5.15. The quantitative estimate of drug-likeness (QED) is 0.646. The molecule has 0 amide bonds. The summed E-state index contributed by atoms with van der Waals surface area (Å²) in [5, 5.41) is 0. The molecule has 0 aromatic heterocycles. The van der Waals surface area contributed by atoms with E-state index in [4.69, 9.17) is 5.73 Å². The van der Waals surface area contributed by atoms with Crippen molar-refractivity contribution in [2.75, 3.05) is 13.2 Å². The third-order valence-electron chi connectivity index (χ3n) is 2.33. The van der Waals surface area contributed by atoms with Crippen LogP contribution in [0.5, 0.6) is 0 Å². The van der Waals surface area contributed by atoms with Gasteiger partial charge in [0.15, 0.2) is 0 Å². The lowest BCUT2D eigenvalue weighted by molar-refractivity contribution is 0.174. The van der Waals surface area contributed by atoms with E-state index in [1.165, 1.54) is 0 Å². The maximum atomic E-state index is 12.4. The molecule has 0 bridgehead atoms. The average molecular weight is 160 g/mol. The van der Waals surface area contributed by atoms with E-state index in [-0.39, 0.29) is 18.8 Å². The summed E-state index contributed by atoms with van der Waals surface area (Å²) < 4.78 is 12.4. The SMILES string of the molecule is CC(C)N1C[C@H](N)C[C@@H]1CF. The lowest BCUT2D eigenvalue weighted by atomic mass is 10.2. The van der Waals surface area contributed by atoms with Crippen LogP contribution in [0, 0.1) is 0 Å². The van der Waals surface area contributed by atoms with Gasteiger partial charge in [-0.1, -0.05) is 0 Å². The number of rotatable bonds is 2. The van der Waals surface area contributed by atoms with Crippen LogP contribution in [0.1, 0.15) is 20.3 Å². The molecule has 1 aliphatic heterocycles. The number of halogens is 1. The third-order valence-corrected chi connectivity index (χ3v) is 2.33. The highest BCUT2D eigenvalue weighted by atomic mass is 19.1. The van der Waals surface area contributed by atoms with Crippen LogP contribution >= 0.6 is 0 Å². The van der Waals surface area contributed by atoms with Crippen molar-refractivity contribution in [3.63, 3.8) is 0 Å². The minimum Gasteiger partial charge on any atom is -0.326 e. The van der Waals surface area contributed by atoms with Gasteiger partial charge in [-0.25, -0.2) is 4.39 Å². The zero-order chi connectivity index (χ0) is 8.43. The first-order valence-corrected chi connectivity index (χ1v) is 4.22. The van der Waals surface area contributed by atoms with E-state index in [2.05, 4.69) is 18.7 Å². The van der Waals surface area contributed by atoms with Crippen LogP contribution in [0.3, 0.4) is 0 Å². The summed E-state index contributed by atoms with van der Waals surface area (Å²) in [5.41, 5.74) is 5.72. The van der Waals surface area contributed by atoms with Gasteiger partial charge in [0, 0.05) is 24.7 Å². The van der Waals surface area contributed by atoms with Crippen molar-refractivity contribution >= 4 is 0 Å². The maximum Gasteiger partial charge on any atom is 0.105 e. The van der Waals surface area contributed by atoms with Gasteiger partial charge in [-0.3, -0.25) is 4.90 Å². The monoisotopic (exact) mass is 160 g/mol. The number of alkyl halides is 1. The number of nitrogens with zero attached hydrogens (tertiary/aromatic N) is 1. The first kappa shape index (κ1) is 8.94. The predicted molar refractivity (Wildman–Crippen MR) is 44.2 cm³/mol. The number of hydrogen-bond acceptors (Lipinski definition) is 2. The fourth-order valence-electron chi connectivity index (χ4n) is 1.76. The highest BCUT2D eigenvalue weighted by Gasteiger charge is 2.31. The standard InChI is InChI=1S/C8H17FN2/c1-6(2)11-5-7(10)3-8(11)4-9/h6-8H,3-5,10H2,1-2H3/t7-,8-/m1/s1. The number of likely N-dealkylation sites (tertiary alicyclic amines) is 1. The van der Waals surface area contributed by atoms with Crippen LogP contribution in [0.4, 0.5) is 4.39 Å². The van der Waals surface area contributed by atoms with Crippen LogP contribution in [-0.4, -0.2) is 36.2 Å². The van der Waals surface area contributed by atoms with Crippen LogP contribution < -0.4 is 5.73 Å². The highest BCUT2D eigenvalue weighted by molar-refractivity contribution is 4.88. The molecule has 1 aliphatic rings. The molecule has 0 saturated carbocycles. The summed E-state index contributed by atoms with van der Waals surface area (Å²) in [5.74, 6) is 0. The van der Waals surface area contributed by atoms with Crippen molar-refractivity contribution in [1.29, 1.82) is 0 Å². The highest BCUT2D eigenvalue weighted by Crippen LogP contribution is 2.19. The molecule has 0 unspecified atom stereocenters. The Labute approximate surface area is 67.6 Å². The van der Waals surface area contributed by atoms with E-state index in [1.54, 1.807) is 0 Å². The molecule has 1 rings (SSSR count). The molecule has 2 nitrogen and oxygen atoms in total. The summed E-state index contributed by atoms with van der Waals surface area (Å²) in [6.45, 7) is 4.76. The Balaban J connectivity index is 2.50. The van der Waals surface area contributed by atoms with Crippen molar-refractivity contribution in [3.8, 4) is 0 Å². The Kier molecular flexibility index (Phi) is 2.84. The smallest absolute Gasteiger partial charge is 0.105 e. The number of nitrogens with two attached hydrogens (primary N) is 1. The zero-order valence-electron chi connectivity index (χ0n) is 7.26. The molecule has 11 heavy (non-hydrogen) atoms. The van der Waals surface area contributed by atoms with Gasteiger partial charge in [-0.15, -0.1) is 0 Å². The van der Waals surface area contributed by atoms with Gasteiger partial charge in [0.05, 0.1) is 0 Å². The Hall–Kier alpha value is -0.150. The average Bonchev–Trinajstić information content (AvgIpc) is 2.30. The molecule has 2 atom stereocenters. The predicted octanol–water partition coefficient (Wildman–Crippen LogP) is 0.766. The number of hydrogen-bond donors (Lipinski definition) is 1. The Morgan fingerprint density at radius 2 is 2.27 bits per heavy atom. The second-order valence-corrected chi connectivity index (χ2v) is 3.59. The second kappa shape index (κ2) is 3.50. The van der Waals surface area contributed by atoms with Gasteiger partial charge in [-0.05, 0) is 20.3 Å². The summed E-state index contributed by atoms with van der Waals surface area (Å²) in [7, 11) is 0. The zero-order valence-corrected chi connectivity index (χ0v) is 7.26. The molecular formula is C8H17FN2. The van der Waals surface area contributed by atoms with E-state index in [0.717, 1.165) is 13.0 Å². The molecule has 1 heterocycles. The Bertz CT molecular complexity index is 127. The van der Waals surface area contributed by atoms with E-state index >= 15 is 0 Å². The van der Waals surface area contributed by atoms with Crippen molar-refractivity contribution in [2.24, 2.45) is 5.73 Å². The topological polar surface area (TPSA) is 29.3 Å². The van der Waals surface area contributed by atoms with Crippen LogP contribution in [0.15, 0.2) is 0 Å². The van der Waals surface area contributed by atoms with Gasteiger partial charge < -0.3 is 5.73 Å².